The van der Waals surface area contributed by atoms with Crippen molar-refractivity contribution in [3.05, 3.63) is 102 Å². The van der Waals surface area contributed by atoms with Crippen LogP contribution in [-0.2, 0) is 37.3 Å². The number of ether oxygens (including phenoxy) is 1. The summed E-state index contributed by atoms with van der Waals surface area (Å²) in [5.74, 6) is -0.392. The molecule has 1 aliphatic rings. The Morgan fingerprint density at radius 2 is 1.55 bits per heavy atom. The largest absolute Gasteiger partial charge is 0.379 e. The summed E-state index contributed by atoms with van der Waals surface area (Å²) in [7, 11) is -3.55. The Balaban J connectivity index is 1.52. The highest BCUT2D eigenvalue weighted by atomic mass is 32.2. The van der Waals surface area contributed by atoms with Crippen LogP contribution in [0.4, 0.5) is 0 Å². The predicted octanol–water partition coefficient (Wildman–Crippen LogP) is 3.14. The molecule has 1 fully saturated rings. The van der Waals surface area contributed by atoms with Crippen LogP contribution in [-0.4, -0.2) is 76.0 Å². The third-order valence-corrected chi connectivity index (χ3v) is 8.78. The zero-order valence-corrected chi connectivity index (χ0v) is 24.9. The number of nitrogens with one attached hydrogen (secondary N) is 2. The van der Waals surface area contributed by atoms with Crippen LogP contribution in [0.3, 0.4) is 0 Å². The van der Waals surface area contributed by atoms with Crippen LogP contribution in [0, 0.1) is 0 Å². The van der Waals surface area contributed by atoms with Crippen molar-refractivity contribution in [1.82, 2.24) is 19.8 Å². The summed E-state index contributed by atoms with van der Waals surface area (Å²) in [6.07, 6.45) is 0.572. The molecule has 1 saturated heterocycles. The molecule has 9 nitrogen and oxygen atoms in total. The topological polar surface area (TPSA) is 108 Å². The average molecular weight is 593 g/mol. The van der Waals surface area contributed by atoms with E-state index in [0.29, 0.717) is 39.3 Å². The third kappa shape index (κ3) is 8.96. The maximum atomic E-state index is 13.9. The molecule has 1 aliphatic heterocycles. The van der Waals surface area contributed by atoms with E-state index in [2.05, 4.69) is 14.9 Å². The fourth-order valence-electron chi connectivity index (χ4n) is 4.97. The molecule has 1 atom stereocenters. The van der Waals surface area contributed by atoms with Crippen molar-refractivity contribution < 1.29 is 22.7 Å². The zero-order chi connectivity index (χ0) is 29.8. The average Bonchev–Trinajstić information content (AvgIpc) is 3.01. The Kier molecular flexibility index (Phi) is 11.7. The molecule has 224 valence electrons. The Hall–Kier alpha value is -3.57. The first-order chi connectivity index (χ1) is 20.4. The van der Waals surface area contributed by atoms with E-state index in [-0.39, 0.29) is 29.7 Å². The highest BCUT2D eigenvalue weighted by molar-refractivity contribution is 7.89. The standard InChI is InChI=1S/C32H40N4O5S/c1-2-34-42(39,40)29-16-13-26(14-17-29)15-18-30(37)36(25-27-9-5-3-6-10-27)31(28-11-7-4-8-12-28)32(38)33-19-20-35-21-23-41-24-22-35/h3-14,16-17,31,34H,2,15,18-25H2,1H3,(H,33,38)/t31-/m1/s1. The molecule has 3 aromatic carbocycles. The predicted molar refractivity (Wildman–Crippen MR) is 162 cm³/mol. The maximum Gasteiger partial charge on any atom is 0.247 e. The second-order valence-electron chi connectivity index (χ2n) is 10.2. The van der Waals surface area contributed by atoms with Gasteiger partial charge in [0.15, 0.2) is 0 Å². The highest BCUT2D eigenvalue weighted by Crippen LogP contribution is 2.25. The monoisotopic (exact) mass is 592 g/mol. The summed E-state index contributed by atoms with van der Waals surface area (Å²) in [6, 6.07) is 24.8. The SMILES string of the molecule is CCNS(=O)(=O)c1ccc(CCC(=O)N(Cc2ccccc2)[C@@H](C(=O)NCCN2CCOCC2)c2ccccc2)cc1. The van der Waals surface area contributed by atoms with Gasteiger partial charge >= 0.3 is 0 Å². The minimum Gasteiger partial charge on any atom is -0.379 e. The van der Waals surface area contributed by atoms with Crippen LogP contribution < -0.4 is 10.0 Å². The van der Waals surface area contributed by atoms with Gasteiger partial charge in [0.25, 0.3) is 0 Å². The molecule has 1 heterocycles. The molecule has 0 spiro atoms. The maximum absolute atomic E-state index is 13.9. The Labute approximate surface area is 248 Å². The second kappa shape index (κ2) is 15.6. The van der Waals surface area contributed by atoms with Crippen molar-refractivity contribution in [1.29, 1.82) is 0 Å². The van der Waals surface area contributed by atoms with Gasteiger partial charge in [-0.05, 0) is 35.2 Å². The van der Waals surface area contributed by atoms with Crippen molar-refractivity contribution in [2.24, 2.45) is 0 Å². The van der Waals surface area contributed by atoms with E-state index < -0.39 is 16.1 Å². The van der Waals surface area contributed by atoms with E-state index in [1.165, 1.54) is 0 Å². The summed E-state index contributed by atoms with van der Waals surface area (Å²) >= 11 is 0. The lowest BCUT2D eigenvalue weighted by molar-refractivity contribution is -0.141. The zero-order valence-electron chi connectivity index (χ0n) is 24.1. The number of rotatable bonds is 14. The Morgan fingerprint density at radius 1 is 0.905 bits per heavy atom. The second-order valence-corrected chi connectivity index (χ2v) is 12.0. The summed E-state index contributed by atoms with van der Waals surface area (Å²) < 4.78 is 32.5. The quantitative estimate of drug-likeness (QED) is 0.298. The van der Waals surface area contributed by atoms with Gasteiger partial charge in [-0.2, -0.15) is 0 Å². The number of carbonyl (C=O) groups excluding carboxylic acids is 2. The summed E-state index contributed by atoms with van der Waals surface area (Å²) in [5, 5.41) is 3.08. The molecule has 2 N–H and O–H groups in total. The lowest BCUT2D eigenvalue weighted by Gasteiger charge is -2.32. The van der Waals surface area contributed by atoms with Crippen molar-refractivity contribution in [3.8, 4) is 0 Å². The van der Waals surface area contributed by atoms with E-state index in [0.717, 1.165) is 29.8 Å². The molecule has 10 heteroatoms. The lowest BCUT2D eigenvalue weighted by Crippen LogP contribution is -2.46. The van der Waals surface area contributed by atoms with E-state index in [9.17, 15) is 18.0 Å². The van der Waals surface area contributed by atoms with Crippen molar-refractivity contribution in [3.63, 3.8) is 0 Å². The summed E-state index contributed by atoms with van der Waals surface area (Å²) in [4.78, 5) is 31.7. The molecule has 0 unspecified atom stereocenters. The third-order valence-electron chi connectivity index (χ3n) is 7.22. The fraction of sp³-hybridized carbons (Fsp3) is 0.375. The normalized spacial score (nSPS) is 14.7. The summed E-state index contributed by atoms with van der Waals surface area (Å²) in [5.41, 5.74) is 2.50. The molecular formula is C32H40N4O5S. The van der Waals surface area contributed by atoms with Gasteiger partial charge in [0.05, 0.1) is 18.1 Å². The number of hydrogen-bond acceptors (Lipinski definition) is 6. The number of carbonyl (C=O) groups is 2. The van der Waals surface area contributed by atoms with Crippen LogP contribution in [0.15, 0.2) is 89.8 Å². The van der Waals surface area contributed by atoms with E-state index >= 15 is 0 Å². The first-order valence-corrected chi connectivity index (χ1v) is 15.9. The van der Waals surface area contributed by atoms with Crippen LogP contribution in [0.1, 0.15) is 36.1 Å². The van der Waals surface area contributed by atoms with Crippen molar-refractivity contribution in [2.45, 2.75) is 37.2 Å². The Bertz CT molecular complexity index is 1380. The smallest absolute Gasteiger partial charge is 0.247 e. The number of benzene rings is 3. The molecule has 42 heavy (non-hydrogen) atoms. The number of aryl methyl sites for hydroxylation is 1. The molecule has 4 rings (SSSR count). The number of morpholine rings is 1. The van der Waals surface area contributed by atoms with E-state index in [1.807, 2.05) is 60.7 Å². The number of amides is 2. The van der Waals surface area contributed by atoms with Gasteiger partial charge in [0, 0.05) is 45.7 Å². The molecule has 0 radical (unpaired) electrons. The summed E-state index contributed by atoms with van der Waals surface area (Å²) in [6.45, 7) is 6.53. The number of sulfonamides is 1. The van der Waals surface area contributed by atoms with Gasteiger partial charge in [-0.3, -0.25) is 14.5 Å². The van der Waals surface area contributed by atoms with Crippen LogP contribution in [0.25, 0.3) is 0 Å². The number of nitrogens with zero attached hydrogens (tertiary/aromatic N) is 2. The fourth-order valence-corrected chi connectivity index (χ4v) is 6.02. The number of hydrogen-bond donors (Lipinski definition) is 2. The lowest BCUT2D eigenvalue weighted by atomic mass is 10.0. The minimum absolute atomic E-state index is 0.163. The van der Waals surface area contributed by atoms with Crippen LogP contribution in [0.2, 0.25) is 0 Å². The van der Waals surface area contributed by atoms with Gasteiger partial charge in [-0.1, -0.05) is 79.7 Å². The van der Waals surface area contributed by atoms with Crippen LogP contribution >= 0.6 is 0 Å². The van der Waals surface area contributed by atoms with Gasteiger partial charge < -0.3 is 15.0 Å². The molecule has 0 bridgehead atoms. The first-order valence-electron chi connectivity index (χ1n) is 14.4. The minimum atomic E-state index is -3.55. The highest BCUT2D eigenvalue weighted by Gasteiger charge is 2.31. The molecule has 2 amide bonds. The van der Waals surface area contributed by atoms with Crippen molar-refractivity contribution in [2.75, 3.05) is 45.9 Å². The molecular weight excluding hydrogens is 552 g/mol. The Morgan fingerprint density at radius 3 is 2.19 bits per heavy atom. The first kappa shape index (κ1) is 31.4. The van der Waals surface area contributed by atoms with E-state index in [4.69, 9.17) is 4.74 Å². The van der Waals surface area contributed by atoms with Crippen LogP contribution in [0.5, 0.6) is 0 Å². The molecule has 3 aromatic rings. The molecule has 0 aliphatic carbocycles. The van der Waals surface area contributed by atoms with Gasteiger partial charge in [0.2, 0.25) is 21.8 Å². The van der Waals surface area contributed by atoms with Gasteiger partial charge in [-0.25, -0.2) is 13.1 Å². The van der Waals surface area contributed by atoms with Crippen molar-refractivity contribution >= 4 is 21.8 Å². The van der Waals surface area contributed by atoms with Gasteiger partial charge in [0.1, 0.15) is 6.04 Å². The van der Waals surface area contributed by atoms with Gasteiger partial charge in [-0.15, -0.1) is 0 Å². The van der Waals surface area contributed by atoms with E-state index in [1.54, 1.807) is 36.1 Å². The molecule has 0 aromatic heterocycles. The molecule has 0 saturated carbocycles.